The molecule has 6 heteroatoms. The Balaban J connectivity index is 1.47. The normalized spacial score (nSPS) is 16.9. The molecule has 130 valence electrons. The molecule has 1 N–H and O–H groups in total. The minimum absolute atomic E-state index is 0.00570. The quantitative estimate of drug-likeness (QED) is 0.866. The summed E-state index contributed by atoms with van der Waals surface area (Å²) in [5.41, 5.74) is 2.76. The summed E-state index contributed by atoms with van der Waals surface area (Å²) in [5.74, 6) is -0.350. The fourth-order valence-electron chi connectivity index (χ4n) is 2.98. The van der Waals surface area contributed by atoms with Crippen LogP contribution in [-0.2, 0) is 22.6 Å². The number of carbonyl (C=O) groups excluding carboxylic acids is 2. The van der Waals surface area contributed by atoms with E-state index in [2.05, 4.69) is 15.3 Å². The minimum Gasteiger partial charge on any atom is -0.355 e. The lowest BCUT2D eigenvalue weighted by Crippen LogP contribution is -2.34. The predicted molar refractivity (Wildman–Crippen MR) is 93.4 cm³/mol. The van der Waals surface area contributed by atoms with Gasteiger partial charge in [-0.05, 0) is 31.2 Å². The molecule has 1 aliphatic rings. The molecule has 2 aromatic rings. The highest BCUT2D eigenvalue weighted by Gasteiger charge is 2.34. The standard InChI is InChI=1S/C19H22N4O2/c1-14-5-4-7-16(22-14)8-10-21-19(25)15-11-18(24)23(12-15)13-17-6-2-3-9-20-17/h2-7,9,15H,8,10-13H2,1H3,(H,21,25)/t15-/m1/s1. The Morgan fingerprint density at radius 3 is 2.84 bits per heavy atom. The van der Waals surface area contributed by atoms with Gasteiger partial charge in [-0.25, -0.2) is 0 Å². The Labute approximate surface area is 147 Å². The number of carbonyl (C=O) groups is 2. The topological polar surface area (TPSA) is 75.2 Å². The molecule has 6 nitrogen and oxygen atoms in total. The van der Waals surface area contributed by atoms with Crippen molar-refractivity contribution in [1.29, 1.82) is 0 Å². The molecule has 1 atom stereocenters. The summed E-state index contributed by atoms with van der Waals surface area (Å²) in [6.45, 7) is 3.38. The van der Waals surface area contributed by atoms with Gasteiger partial charge in [-0.2, -0.15) is 0 Å². The zero-order valence-electron chi connectivity index (χ0n) is 14.3. The lowest BCUT2D eigenvalue weighted by Gasteiger charge is -2.16. The van der Waals surface area contributed by atoms with Crippen LogP contribution in [0, 0.1) is 12.8 Å². The molecule has 0 saturated carbocycles. The second-order valence-corrected chi connectivity index (χ2v) is 6.31. The van der Waals surface area contributed by atoms with Gasteiger partial charge in [-0.3, -0.25) is 19.6 Å². The van der Waals surface area contributed by atoms with Crippen LogP contribution in [0.1, 0.15) is 23.5 Å². The van der Waals surface area contributed by atoms with Gasteiger partial charge in [0.25, 0.3) is 0 Å². The summed E-state index contributed by atoms with van der Waals surface area (Å²) in [4.78, 5) is 34.8. The number of rotatable bonds is 6. The zero-order valence-corrected chi connectivity index (χ0v) is 14.3. The predicted octanol–water partition coefficient (Wildman–Crippen LogP) is 1.49. The first-order chi connectivity index (χ1) is 12.1. The third-order valence-corrected chi connectivity index (χ3v) is 4.29. The van der Waals surface area contributed by atoms with E-state index in [9.17, 15) is 9.59 Å². The lowest BCUT2D eigenvalue weighted by atomic mass is 10.1. The van der Waals surface area contributed by atoms with E-state index in [0.29, 0.717) is 26.1 Å². The Morgan fingerprint density at radius 1 is 1.24 bits per heavy atom. The van der Waals surface area contributed by atoms with E-state index >= 15 is 0 Å². The SMILES string of the molecule is Cc1cccc(CCNC(=O)[C@@H]2CC(=O)N(Cc3ccccn3)C2)n1. The second kappa shape index (κ2) is 7.88. The molecule has 0 aromatic carbocycles. The maximum absolute atomic E-state index is 12.3. The maximum atomic E-state index is 12.3. The second-order valence-electron chi connectivity index (χ2n) is 6.31. The molecule has 0 radical (unpaired) electrons. The van der Waals surface area contributed by atoms with Crippen molar-refractivity contribution < 1.29 is 9.59 Å². The van der Waals surface area contributed by atoms with Crippen molar-refractivity contribution in [2.45, 2.75) is 26.3 Å². The molecule has 2 aromatic heterocycles. The number of hydrogen-bond donors (Lipinski definition) is 1. The number of likely N-dealkylation sites (tertiary alicyclic amines) is 1. The van der Waals surface area contributed by atoms with Crippen LogP contribution in [0.5, 0.6) is 0 Å². The molecule has 0 spiro atoms. The van der Waals surface area contributed by atoms with Crippen LogP contribution >= 0.6 is 0 Å². The molecule has 3 rings (SSSR count). The van der Waals surface area contributed by atoms with Crippen molar-refractivity contribution >= 4 is 11.8 Å². The maximum Gasteiger partial charge on any atom is 0.225 e. The Morgan fingerprint density at radius 2 is 2.08 bits per heavy atom. The number of amides is 2. The van der Waals surface area contributed by atoms with Crippen molar-refractivity contribution in [2.75, 3.05) is 13.1 Å². The Hall–Kier alpha value is -2.76. The average Bonchev–Trinajstić information content (AvgIpc) is 2.97. The van der Waals surface area contributed by atoms with E-state index in [0.717, 1.165) is 17.1 Å². The molecule has 1 fully saturated rings. The van der Waals surface area contributed by atoms with Crippen LogP contribution in [0.15, 0.2) is 42.6 Å². The molecular weight excluding hydrogens is 316 g/mol. The van der Waals surface area contributed by atoms with Crippen LogP contribution in [0.2, 0.25) is 0 Å². The molecular formula is C19H22N4O2. The third-order valence-electron chi connectivity index (χ3n) is 4.29. The number of nitrogens with one attached hydrogen (secondary N) is 1. The van der Waals surface area contributed by atoms with Gasteiger partial charge in [0.05, 0.1) is 18.2 Å². The van der Waals surface area contributed by atoms with Gasteiger partial charge in [-0.1, -0.05) is 12.1 Å². The first-order valence-electron chi connectivity index (χ1n) is 8.50. The largest absolute Gasteiger partial charge is 0.355 e. The fraction of sp³-hybridized carbons (Fsp3) is 0.368. The van der Waals surface area contributed by atoms with E-state index in [1.807, 2.05) is 43.3 Å². The molecule has 1 saturated heterocycles. The highest BCUT2D eigenvalue weighted by atomic mass is 16.2. The first kappa shape index (κ1) is 17.1. The fourth-order valence-corrected chi connectivity index (χ4v) is 2.98. The number of hydrogen-bond acceptors (Lipinski definition) is 4. The summed E-state index contributed by atoms with van der Waals surface area (Å²) in [5, 5.41) is 2.92. The van der Waals surface area contributed by atoms with Crippen molar-refractivity contribution in [1.82, 2.24) is 20.2 Å². The minimum atomic E-state index is -0.290. The van der Waals surface area contributed by atoms with E-state index in [4.69, 9.17) is 0 Å². The molecule has 1 aliphatic heterocycles. The van der Waals surface area contributed by atoms with Gasteiger partial charge < -0.3 is 10.2 Å². The number of nitrogens with zero attached hydrogens (tertiary/aromatic N) is 3. The molecule has 0 unspecified atom stereocenters. The van der Waals surface area contributed by atoms with Gasteiger partial charge in [-0.15, -0.1) is 0 Å². The number of aryl methyl sites for hydroxylation is 1. The summed E-state index contributed by atoms with van der Waals surface area (Å²) in [6, 6.07) is 11.5. The number of aromatic nitrogens is 2. The van der Waals surface area contributed by atoms with Crippen molar-refractivity contribution in [3.05, 3.63) is 59.7 Å². The van der Waals surface area contributed by atoms with Crippen molar-refractivity contribution in [2.24, 2.45) is 5.92 Å². The number of pyridine rings is 2. The van der Waals surface area contributed by atoms with Crippen LogP contribution < -0.4 is 5.32 Å². The molecule has 25 heavy (non-hydrogen) atoms. The summed E-state index contributed by atoms with van der Waals surface area (Å²) in [7, 11) is 0. The van der Waals surface area contributed by atoms with Gasteiger partial charge in [0.2, 0.25) is 11.8 Å². The zero-order chi connectivity index (χ0) is 17.6. The smallest absolute Gasteiger partial charge is 0.225 e. The first-order valence-corrected chi connectivity index (χ1v) is 8.50. The van der Waals surface area contributed by atoms with E-state index in [1.54, 1.807) is 11.1 Å². The molecule has 2 amide bonds. The van der Waals surface area contributed by atoms with Crippen molar-refractivity contribution in [3.8, 4) is 0 Å². The van der Waals surface area contributed by atoms with Crippen molar-refractivity contribution in [3.63, 3.8) is 0 Å². The summed E-state index contributed by atoms with van der Waals surface area (Å²) in [6.07, 6.45) is 2.66. The van der Waals surface area contributed by atoms with E-state index < -0.39 is 0 Å². The van der Waals surface area contributed by atoms with Gasteiger partial charge in [0, 0.05) is 43.5 Å². The lowest BCUT2D eigenvalue weighted by molar-refractivity contribution is -0.129. The summed E-state index contributed by atoms with van der Waals surface area (Å²) >= 11 is 0. The van der Waals surface area contributed by atoms with Crippen LogP contribution in [0.25, 0.3) is 0 Å². The molecule has 0 aliphatic carbocycles. The van der Waals surface area contributed by atoms with Gasteiger partial charge in [0.15, 0.2) is 0 Å². The van der Waals surface area contributed by atoms with Gasteiger partial charge >= 0.3 is 0 Å². The monoisotopic (exact) mass is 338 g/mol. The Kier molecular flexibility index (Phi) is 5.38. The third kappa shape index (κ3) is 4.62. The van der Waals surface area contributed by atoms with E-state index in [-0.39, 0.29) is 24.2 Å². The van der Waals surface area contributed by atoms with Crippen LogP contribution in [0.3, 0.4) is 0 Å². The average molecular weight is 338 g/mol. The summed E-state index contributed by atoms with van der Waals surface area (Å²) < 4.78 is 0. The highest BCUT2D eigenvalue weighted by molar-refractivity contribution is 5.89. The van der Waals surface area contributed by atoms with Crippen LogP contribution in [-0.4, -0.2) is 39.8 Å². The molecule has 3 heterocycles. The van der Waals surface area contributed by atoms with Crippen LogP contribution in [0.4, 0.5) is 0 Å². The van der Waals surface area contributed by atoms with E-state index in [1.165, 1.54) is 0 Å². The Bertz CT molecular complexity index is 748. The molecule has 0 bridgehead atoms. The highest BCUT2D eigenvalue weighted by Crippen LogP contribution is 2.19. The van der Waals surface area contributed by atoms with Gasteiger partial charge in [0.1, 0.15) is 0 Å².